The first-order valence-electron chi connectivity index (χ1n) is 15.9. The van der Waals surface area contributed by atoms with Gasteiger partial charge in [-0.15, -0.1) is 0 Å². The first-order chi connectivity index (χ1) is 22.6. The van der Waals surface area contributed by atoms with Gasteiger partial charge in [-0.2, -0.15) is 0 Å². The van der Waals surface area contributed by atoms with Crippen LogP contribution >= 0.6 is 0 Å². The Morgan fingerprint density at radius 2 is 1.63 bits per heavy atom. The summed E-state index contributed by atoms with van der Waals surface area (Å²) in [5.41, 5.74) is 5.43. The normalized spacial score (nSPS) is 18.0. The van der Waals surface area contributed by atoms with Crippen molar-refractivity contribution in [2.45, 2.75) is 44.4 Å². The Labute approximate surface area is 265 Å². The van der Waals surface area contributed by atoms with Gasteiger partial charge in [-0.25, -0.2) is 14.8 Å². The summed E-state index contributed by atoms with van der Waals surface area (Å²) >= 11 is 0. The van der Waals surface area contributed by atoms with E-state index in [1.54, 1.807) is 4.90 Å². The molecule has 1 amide bonds. The molecule has 46 heavy (non-hydrogen) atoms. The van der Waals surface area contributed by atoms with Gasteiger partial charge in [-0.1, -0.05) is 60.7 Å². The van der Waals surface area contributed by atoms with Gasteiger partial charge in [-0.3, -0.25) is 9.69 Å². The predicted octanol–water partition coefficient (Wildman–Crippen LogP) is 7.03. The molecule has 2 aliphatic rings. The first kappa shape index (κ1) is 28.2. The number of hydrogen-bond donors (Lipinski definition) is 3. The summed E-state index contributed by atoms with van der Waals surface area (Å²) in [5.74, 6) is 1.49. The lowest BCUT2D eigenvalue weighted by molar-refractivity contribution is 0.0908. The SMILES string of the molecule is O=C(OCc1ccccc1)N1CCC[C@H]1c1nc2cc(-c3ccc4cc(-c5cnc([C@@H]6CCCN6)[nH]5)ccc4c3)ccc2c(=O)[nH]1. The maximum absolute atomic E-state index is 13.2. The van der Waals surface area contributed by atoms with E-state index in [9.17, 15) is 9.59 Å². The van der Waals surface area contributed by atoms with E-state index in [4.69, 9.17) is 9.72 Å². The molecular weight excluding hydrogens is 576 g/mol. The number of carbonyl (C=O) groups excluding carboxylic acids is 1. The molecule has 0 unspecified atom stereocenters. The van der Waals surface area contributed by atoms with Crippen molar-refractivity contribution in [2.75, 3.05) is 13.1 Å². The van der Waals surface area contributed by atoms with E-state index >= 15 is 0 Å². The van der Waals surface area contributed by atoms with Crippen LogP contribution in [0.2, 0.25) is 0 Å². The van der Waals surface area contributed by atoms with Crippen LogP contribution in [-0.4, -0.2) is 44.0 Å². The van der Waals surface area contributed by atoms with Crippen molar-refractivity contribution in [2.24, 2.45) is 0 Å². The number of nitrogens with zero attached hydrogens (tertiary/aromatic N) is 3. The molecule has 2 atom stereocenters. The van der Waals surface area contributed by atoms with Crippen molar-refractivity contribution in [1.29, 1.82) is 0 Å². The molecule has 9 heteroatoms. The molecule has 4 heterocycles. The second-order valence-corrected chi connectivity index (χ2v) is 12.2. The topological polar surface area (TPSA) is 116 Å². The van der Waals surface area contributed by atoms with Gasteiger partial charge in [0.2, 0.25) is 0 Å². The van der Waals surface area contributed by atoms with Crippen LogP contribution in [0.15, 0.2) is 95.9 Å². The molecule has 6 aromatic rings. The molecule has 2 aliphatic heterocycles. The minimum atomic E-state index is -0.402. The number of fused-ring (bicyclic) bond motifs is 2. The van der Waals surface area contributed by atoms with Gasteiger partial charge in [0, 0.05) is 12.1 Å². The van der Waals surface area contributed by atoms with Crippen molar-refractivity contribution in [3.05, 3.63) is 119 Å². The molecule has 8 rings (SSSR count). The number of aromatic amines is 2. The number of carbonyl (C=O) groups is 1. The number of rotatable bonds is 6. The standard InChI is InChI=1S/C37H34N6O3/c44-36-29-15-14-27(20-31(29)40-35(42-36)33-9-5-17-43(33)37(45)46-22-23-6-2-1-3-7-23)25-10-11-26-19-28(13-12-24(26)18-25)32-21-39-34(41-32)30-8-4-16-38-30/h1-3,6-7,10-15,18-21,30,33,38H,4-5,8-9,16-17,22H2,(H,39,41)(H,40,42,44)/t30-,33-/m0/s1. The average Bonchev–Trinajstić information content (AvgIpc) is 3.89. The maximum Gasteiger partial charge on any atom is 0.410 e. The molecule has 2 fully saturated rings. The van der Waals surface area contributed by atoms with Crippen LogP contribution in [0.3, 0.4) is 0 Å². The number of amides is 1. The number of hydrogen-bond acceptors (Lipinski definition) is 6. The van der Waals surface area contributed by atoms with Crippen molar-refractivity contribution in [3.8, 4) is 22.4 Å². The minimum Gasteiger partial charge on any atom is -0.445 e. The van der Waals surface area contributed by atoms with Crippen LogP contribution < -0.4 is 10.9 Å². The Balaban J connectivity index is 1.04. The zero-order chi connectivity index (χ0) is 31.0. The maximum atomic E-state index is 13.2. The van der Waals surface area contributed by atoms with E-state index in [2.05, 4.69) is 56.7 Å². The van der Waals surface area contributed by atoms with E-state index in [1.165, 1.54) is 6.42 Å². The van der Waals surface area contributed by atoms with E-state index in [-0.39, 0.29) is 18.2 Å². The molecule has 0 saturated carbocycles. The number of H-pyrrole nitrogens is 2. The lowest BCUT2D eigenvalue weighted by Gasteiger charge is -2.23. The van der Waals surface area contributed by atoms with Gasteiger partial charge in [0.25, 0.3) is 5.56 Å². The Morgan fingerprint density at radius 3 is 2.46 bits per heavy atom. The monoisotopic (exact) mass is 610 g/mol. The smallest absolute Gasteiger partial charge is 0.410 e. The lowest BCUT2D eigenvalue weighted by atomic mass is 9.98. The van der Waals surface area contributed by atoms with Gasteiger partial charge >= 0.3 is 6.09 Å². The molecule has 4 aromatic carbocycles. The highest BCUT2D eigenvalue weighted by Gasteiger charge is 2.33. The van der Waals surface area contributed by atoms with Gasteiger partial charge in [-0.05, 0) is 84.0 Å². The van der Waals surface area contributed by atoms with Gasteiger partial charge in [0.15, 0.2) is 0 Å². The van der Waals surface area contributed by atoms with Crippen LogP contribution in [0.1, 0.15) is 55.0 Å². The first-order valence-corrected chi connectivity index (χ1v) is 15.9. The van der Waals surface area contributed by atoms with Crippen LogP contribution in [0.4, 0.5) is 4.79 Å². The molecule has 0 radical (unpaired) electrons. The molecule has 9 nitrogen and oxygen atoms in total. The third kappa shape index (κ3) is 5.43. The molecule has 0 bridgehead atoms. The van der Waals surface area contributed by atoms with Crippen molar-refractivity contribution in [3.63, 3.8) is 0 Å². The summed E-state index contributed by atoms with van der Waals surface area (Å²) < 4.78 is 5.61. The van der Waals surface area contributed by atoms with Crippen LogP contribution in [0.25, 0.3) is 44.1 Å². The molecule has 0 aliphatic carbocycles. The molecule has 230 valence electrons. The number of nitrogens with one attached hydrogen (secondary N) is 3. The van der Waals surface area contributed by atoms with E-state index in [0.717, 1.165) is 63.9 Å². The number of imidazole rings is 1. The summed E-state index contributed by atoms with van der Waals surface area (Å²) in [6.07, 6.45) is 5.32. The van der Waals surface area contributed by atoms with Crippen LogP contribution in [0, 0.1) is 0 Å². The fraction of sp³-hybridized carbons (Fsp3) is 0.243. The fourth-order valence-corrected chi connectivity index (χ4v) is 6.74. The molecule has 0 spiro atoms. The Morgan fingerprint density at radius 1 is 0.848 bits per heavy atom. The van der Waals surface area contributed by atoms with Crippen molar-refractivity contribution in [1.82, 2.24) is 30.2 Å². The zero-order valence-corrected chi connectivity index (χ0v) is 25.3. The summed E-state index contributed by atoms with van der Waals surface area (Å²) in [7, 11) is 0. The predicted molar refractivity (Wildman–Crippen MR) is 178 cm³/mol. The van der Waals surface area contributed by atoms with Crippen molar-refractivity contribution < 1.29 is 9.53 Å². The number of ether oxygens (including phenoxy) is 1. The lowest BCUT2D eigenvalue weighted by Crippen LogP contribution is -2.32. The Bertz CT molecular complexity index is 2120. The van der Waals surface area contributed by atoms with Gasteiger partial charge < -0.3 is 20.0 Å². The summed E-state index contributed by atoms with van der Waals surface area (Å²) in [5, 5.41) is 6.27. The van der Waals surface area contributed by atoms with Gasteiger partial charge in [0.1, 0.15) is 18.3 Å². The summed E-state index contributed by atoms with van der Waals surface area (Å²) in [4.78, 5) is 43.8. The Hall–Kier alpha value is -5.28. The third-order valence-electron chi connectivity index (χ3n) is 9.20. The summed E-state index contributed by atoms with van der Waals surface area (Å²) in [6.45, 7) is 1.79. The number of likely N-dealkylation sites (tertiary alicyclic amines) is 1. The number of benzene rings is 4. The van der Waals surface area contributed by atoms with Crippen LogP contribution in [-0.2, 0) is 11.3 Å². The molecule has 3 N–H and O–H groups in total. The van der Waals surface area contributed by atoms with E-state index in [1.807, 2.05) is 54.7 Å². The highest BCUT2D eigenvalue weighted by molar-refractivity contribution is 5.92. The number of aromatic nitrogens is 4. The minimum absolute atomic E-state index is 0.198. The largest absolute Gasteiger partial charge is 0.445 e. The van der Waals surface area contributed by atoms with Crippen molar-refractivity contribution >= 4 is 27.8 Å². The second-order valence-electron chi connectivity index (χ2n) is 12.2. The van der Waals surface area contributed by atoms with Gasteiger partial charge in [0.05, 0.1) is 34.9 Å². The summed E-state index contributed by atoms with van der Waals surface area (Å²) in [6, 6.07) is 28.1. The van der Waals surface area contributed by atoms with E-state index in [0.29, 0.717) is 35.7 Å². The highest BCUT2D eigenvalue weighted by Crippen LogP contribution is 2.33. The quantitative estimate of drug-likeness (QED) is 0.186. The average molecular weight is 611 g/mol. The molecular formula is C37H34N6O3. The zero-order valence-electron chi connectivity index (χ0n) is 25.3. The Kier molecular flexibility index (Phi) is 7.30. The van der Waals surface area contributed by atoms with E-state index < -0.39 is 6.09 Å². The molecule has 2 saturated heterocycles. The molecule has 2 aromatic heterocycles. The third-order valence-corrected chi connectivity index (χ3v) is 9.20. The fourth-order valence-electron chi connectivity index (χ4n) is 6.74. The van der Waals surface area contributed by atoms with Crippen LogP contribution in [0.5, 0.6) is 0 Å². The second kappa shape index (κ2) is 11.9. The highest BCUT2D eigenvalue weighted by atomic mass is 16.6.